The second kappa shape index (κ2) is 7.44. The summed E-state index contributed by atoms with van der Waals surface area (Å²) >= 11 is 3.31. The Balaban J connectivity index is 1.30. The molecule has 1 saturated heterocycles. The third-order valence-corrected chi connectivity index (χ3v) is 7.17. The molecule has 0 unspecified atom stereocenters. The summed E-state index contributed by atoms with van der Waals surface area (Å²) in [5.74, 6) is 1.19. The maximum atomic E-state index is 12.5. The molecule has 142 valence electrons. The van der Waals surface area contributed by atoms with Gasteiger partial charge in [-0.15, -0.1) is 22.7 Å². The van der Waals surface area contributed by atoms with Gasteiger partial charge in [0.2, 0.25) is 5.91 Å². The van der Waals surface area contributed by atoms with E-state index in [2.05, 4.69) is 31.2 Å². The summed E-state index contributed by atoms with van der Waals surface area (Å²) in [5, 5.41) is 6.19. The van der Waals surface area contributed by atoms with Gasteiger partial charge in [0, 0.05) is 35.5 Å². The van der Waals surface area contributed by atoms with E-state index in [1.807, 2.05) is 29.8 Å². The first kappa shape index (κ1) is 17.5. The van der Waals surface area contributed by atoms with E-state index in [0.29, 0.717) is 6.54 Å². The summed E-state index contributed by atoms with van der Waals surface area (Å²) in [6.07, 6.45) is 5.12. The zero-order valence-electron chi connectivity index (χ0n) is 15.2. The van der Waals surface area contributed by atoms with E-state index < -0.39 is 0 Å². The molecule has 5 rings (SSSR count). The van der Waals surface area contributed by atoms with E-state index in [9.17, 15) is 4.79 Å². The van der Waals surface area contributed by atoms with Crippen LogP contribution >= 0.6 is 22.7 Å². The van der Waals surface area contributed by atoms with E-state index in [1.54, 1.807) is 29.0 Å². The molecule has 4 aromatic heterocycles. The molecule has 0 saturated carbocycles. The van der Waals surface area contributed by atoms with Crippen LogP contribution in [0.3, 0.4) is 0 Å². The fraction of sp³-hybridized carbons (Fsp3) is 0.300. The molecule has 1 fully saturated rings. The lowest BCUT2D eigenvalue weighted by Crippen LogP contribution is -2.40. The number of hydrogen-bond donors (Lipinski definition) is 1. The van der Waals surface area contributed by atoms with Crippen molar-refractivity contribution in [2.75, 3.05) is 18.0 Å². The molecular weight excluding hydrogens is 390 g/mol. The van der Waals surface area contributed by atoms with E-state index in [1.165, 1.54) is 4.88 Å². The largest absolute Gasteiger partial charge is 0.355 e. The first-order chi connectivity index (χ1) is 13.8. The number of nitrogens with one attached hydrogen (secondary N) is 1. The predicted molar refractivity (Wildman–Crippen MR) is 114 cm³/mol. The number of nitrogens with zero attached hydrogens (tertiary/aromatic N) is 4. The van der Waals surface area contributed by atoms with Crippen molar-refractivity contribution < 1.29 is 4.79 Å². The lowest BCUT2D eigenvalue weighted by atomic mass is 9.96. The molecule has 4 aromatic rings. The molecular formula is C20H19N5OS2. The van der Waals surface area contributed by atoms with Crippen molar-refractivity contribution in [3.63, 3.8) is 0 Å². The number of pyridine rings is 1. The minimum Gasteiger partial charge on any atom is -0.355 e. The Morgan fingerprint density at radius 1 is 1.18 bits per heavy atom. The van der Waals surface area contributed by atoms with Crippen LogP contribution in [0.15, 0.2) is 42.2 Å². The molecule has 1 N–H and O–H groups in total. The van der Waals surface area contributed by atoms with Crippen molar-refractivity contribution in [3.05, 3.63) is 47.0 Å². The van der Waals surface area contributed by atoms with Crippen LogP contribution in [-0.4, -0.2) is 33.9 Å². The number of carbonyl (C=O) groups is 1. The van der Waals surface area contributed by atoms with Crippen LogP contribution in [-0.2, 0) is 11.3 Å². The Kier molecular flexibility index (Phi) is 4.66. The number of thiophene rings is 2. The zero-order valence-corrected chi connectivity index (χ0v) is 16.8. The van der Waals surface area contributed by atoms with Crippen LogP contribution in [0.4, 0.5) is 5.82 Å². The van der Waals surface area contributed by atoms with Crippen LogP contribution < -0.4 is 10.2 Å². The number of aromatic nitrogens is 3. The topological polar surface area (TPSA) is 71.0 Å². The maximum absolute atomic E-state index is 12.5. The molecule has 0 aromatic carbocycles. The smallest absolute Gasteiger partial charge is 0.223 e. The zero-order chi connectivity index (χ0) is 18.9. The first-order valence-electron chi connectivity index (χ1n) is 9.33. The van der Waals surface area contributed by atoms with Gasteiger partial charge in [0.25, 0.3) is 0 Å². The van der Waals surface area contributed by atoms with Crippen molar-refractivity contribution in [2.24, 2.45) is 5.92 Å². The highest BCUT2D eigenvalue weighted by Crippen LogP contribution is 2.37. The summed E-state index contributed by atoms with van der Waals surface area (Å²) in [5.41, 5.74) is 0.967. The second-order valence-corrected chi connectivity index (χ2v) is 8.92. The molecule has 1 aliphatic rings. The number of anilines is 1. The van der Waals surface area contributed by atoms with Crippen molar-refractivity contribution in [1.29, 1.82) is 0 Å². The number of rotatable bonds is 4. The second-order valence-electron chi connectivity index (χ2n) is 6.89. The van der Waals surface area contributed by atoms with Gasteiger partial charge in [-0.05, 0) is 36.4 Å². The molecule has 5 heterocycles. The van der Waals surface area contributed by atoms with Gasteiger partial charge >= 0.3 is 0 Å². The van der Waals surface area contributed by atoms with Crippen molar-refractivity contribution in [1.82, 2.24) is 20.3 Å². The molecule has 28 heavy (non-hydrogen) atoms. The summed E-state index contributed by atoms with van der Waals surface area (Å²) in [6.45, 7) is 2.27. The number of amides is 1. The van der Waals surface area contributed by atoms with E-state index >= 15 is 0 Å². The number of carbonyl (C=O) groups excluding carboxylic acids is 1. The van der Waals surface area contributed by atoms with Gasteiger partial charge in [-0.1, -0.05) is 6.07 Å². The Labute approximate surface area is 170 Å². The highest BCUT2D eigenvalue weighted by Gasteiger charge is 2.27. The average Bonchev–Trinajstić information content (AvgIpc) is 3.39. The van der Waals surface area contributed by atoms with Gasteiger partial charge in [-0.3, -0.25) is 4.79 Å². The number of fused-ring (bicyclic) bond motifs is 3. The molecule has 0 aliphatic carbocycles. The SMILES string of the molecule is O=C(NCc1cccs1)C1CCN(c2ncnc3c2sc2ncccc23)CC1. The summed E-state index contributed by atoms with van der Waals surface area (Å²) < 4.78 is 1.08. The van der Waals surface area contributed by atoms with E-state index in [4.69, 9.17) is 0 Å². The Bertz CT molecular complexity index is 1120. The fourth-order valence-corrected chi connectivity index (χ4v) is 5.47. The van der Waals surface area contributed by atoms with Gasteiger partial charge in [-0.2, -0.15) is 0 Å². The van der Waals surface area contributed by atoms with Crippen molar-refractivity contribution in [2.45, 2.75) is 19.4 Å². The molecule has 0 radical (unpaired) electrons. The first-order valence-corrected chi connectivity index (χ1v) is 11.0. The predicted octanol–water partition coefficient (Wildman–Crippen LogP) is 3.83. The quantitative estimate of drug-likeness (QED) is 0.555. The molecule has 6 nitrogen and oxygen atoms in total. The number of hydrogen-bond acceptors (Lipinski definition) is 7. The lowest BCUT2D eigenvalue weighted by Gasteiger charge is -2.32. The third kappa shape index (κ3) is 3.22. The molecule has 1 amide bonds. The Morgan fingerprint density at radius 2 is 2.07 bits per heavy atom. The summed E-state index contributed by atoms with van der Waals surface area (Å²) in [6, 6.07) is 8.06. The van der Waals surface area contributed by atoms with Gasteiger partial charge in [0.1, 0.15) is 17.0 Å². The molecule has 0 atom stereocenters. The average molecular weight is 410 g/mol. The molecule has 0 bridgehead atoms. The standard InChI is InChI=1S/C20H19N5OS2/c26-19(22-11-14-3-2-10-27-14)13-5-8-25(9-6-13)18-17-16(23-12-24-18)15-4-1-7-21-20(15)28-17/h1-4,7,10,12-13H,5-6,8-9,11H2,(H,22,26). The summed E-state index contributed by atoms with van der Waals surface area (Å²) in [7, 11) is 0. The Hall–Kier alpha value is -2.58. The summed E-state index contributed by atoms with van der Waals surface area (Å²) in [4.78, 5) is 30.5. The van der Waals surface area contributed by atoms with Gasteiger partial charge in [-0.25, -0.2) is 15.0 Å². The normalized spacial score (nSPS) is 15.4. The van der Waals surface area contributed by atoms with Crippen LogP contribution in [0, 0.1) is 5.92 Å². The fourth-order valence-electron chi connectivity index (χ4n) is 3.71. The van der Waals surface area contributed by atoms with Crippen LogP contribution in [0.25, 0.3) is 20.4 Å². The molecule has 8 heteroatoms. The van der Waals surface area contributed by atoms with Crippen LogP contribution in [0.2, 0.25) is 0 Å². The van der Waals surface area contributed by atoms with Gasteiger partial charge in [0.05, 0.1) is 16.8 Å². The Morgan fingerprint density at radius 3 is 2.89 bits per heavy atom. The monoisotopic (exact) mass is 409 g/mol. The van der Waals surface area contributed by atoms with Crippen LogP contribution in [0.5, 0.6) is 0 Å². The minimum absolute atomic E-state index is 0.0672. The maximum Gasteiger partial charge on any atom is 0.223 e. The van der Waals surface area contributed by atoms with Crippen molar-refractivity contribution >= 4 is 54.8 Å². The van der Waals surface area contributed by atoms with Crippen molar-refractivity contribution in [3.8, 4) is 0 Å². The van der Waals surface area contributed by atoms with E-state index in [-0.39, 0.29) is 11.8 Å². The molecule has 0 spiro atoms. The third-order valence-electron chi connectivity index (χ3n) is 5.19. The highest BCUT2D eigenvalue weighted by molar-refractivity contribution is 7.25. The number of piperidine rings is 1. The molecule has 1 aliphatic heterocycles. The van der Waals surface area contributed by atoms with Gasteiger partial charge < -0.3 is 10.2 Å². The lowest BCUT2D eigenvalue weighted by molar-refractivity contribution is -0.125. The van der Waals surface area contributed by atoms with E-state index in [0.717, 1.165) is 52.2 Å². The highest BCUT2D eigenvalue weighted by atomic mass is 32.1. The minimum atomic E-state index is 0.0672. The van der Waals surface area contributed by atoms with Gasteiger partial charge in [0.15, 0.2) is 0 Å². The van der Waals surface area contributed by atoms with Crippen LogP contribution in [0.1, 0.15) is 17.7 Å².